The SMILES string of the molecule is C=CC1(OC(C)=O)CCC(CCCC)CC1. The third-order valence-electron chi connectivity index (χ3n) is 3.64. The van der Waals surface area contributed by atoms with Gasteiger partial charge in [-0.25, -0.2) is 0 Å². The Morgan fingerprint density at radius 2 is 2.12 bits per heavy atom. The van der Waals surface area contributed by atoms with Gasteiger partial charge in [0.25, 0.3) is 0 Å². The van der Waals surface area contributed by atoms with Gasteiger partial charge in [0.2, 0.25) is 0 Å². The molecule has 2 heteroatoms. The Bertz CT molecular complexity index is 237. The second kappa shape index (κ2) is 6.07. The summed E-state index contributed by atoms with van der Waals surface area (Å²) in [4.78, 5) is 11.1. The van der Waals surface area contributed by atoms with Crippen LogP contribution in [0.3, 0.4) is 0 Å². The third kappa shape index (κ3) is 3.66. The molecule has 0 bridgehead atoms. The maximum atomic E-state index is 11.1. The van der Waals surface area contributed by atoms with Crippen molar-refractivity contribution in [2.24, 2.45) is 5.92 Å². The molecule has 16 heavy (non-hydrogen) atoms. The van der Waals surface area contributed by atoms with Gasteiger partial charge in [-0.1, -0.05) is 32.8 Å². The van der Waals surface area contributed by atoms with Crippen molar-refractivity contribution in [3.05, 3.63) is 12.7 Å². The maximum absolute atomic E-state index is 11.1. The summed E-state index contributed by atoms with van der Waals surface area (Å²) in [6.45, 7) is 7.53. The Balaban J connectivity index is 2.43. The van der Waals surface area contributed by atoms with E-state index < -0.39 is 0 Å². The van der Waals surface area contributed by atoms with E-state index in [1.54, 1.807) is 0 Å². The fourth-order valence-corrected chi connectivity index (χ4v) is 2.58. The van der Waals surface area contributed by atoms with Crippen molar-refractivity contribution in [3.63, 3.8) is 0 Å². The Morgan fingerprint density at radius 1 is 1.50 bits per heavy atom. The van der Waals surface area contributed by atoms with Gasteiger partial charge in [0.1, 0.15) is 5.60 Å². The molecular formula is C14H24O2. The van der Waals surface area contributed by atoms with Gasteiger partial charge in [0, 0.05) is 6.92 Å². The Hall–Kier alpha value is -0.790. The van der Waals surface area contributed by atoms with E-state index in [-0.39, 0.29) is 11.6 Å². The number of ether oxygens (including phenoxy) is 1. The normalized spacial score (nSPS) is 29.8. The highest BCUT2D eigenvalue weighted by Gasteiger charge is 2.35. The molecule has 0 atom stereocenters. The highest BCUT2D eigenvalue weighted by atomic mass is 16.6. The van der Waals surface area contributed by atoms with Gasteiger partial charge < -0.3 is 4.74 Å². The van der Waals surface area contributed by atoms with Crippen molar-refractivity contribution in [2.45, 2.75) is 64.4 Å². The summed E-state index contributed by atoms with van der Waals surface area (Å²) in [7, 11) is 0. The minimum Gasteiger partial charge on any atom is -0.455 e. The average Bonchev–Trinajstić information content (AvgIpc) is 2.27. The molecule has 1 aliphatic carbocycles. The van der Waals surface area contributed by atoms with Crippen molar-refractivity contribution in [1.82, 2.24) is 0 Å². The van der Waals surface area contributed by atoms with Crippen LogP contribution >= 0.6 is 0 Å². The molecule has 0 aliphatic heterocycles. The predicted molar refractivity (Wildman–Crippen MR) is 66.2 cm³/mol. The van der Waals surface area contributed by atoms with Gasteiger partial charge in [-0.3, -0.25) is 4.79 Å². The van der Waals surface area contributed by atoms with Gasteiger partial charge >= 0.3 is 5.97 Å². The summed E-state index contributed by atoms with van der Waals surface area (Å²) < 4.78 is 5.42. The lowest BCUT2D eigenvalue weighted by molar-refractivity contribution is -0.155. The van der Waals surface area contributed by atoms with Crippen LogP contribution < -0.4 is 0 Å². The van der Waals surface area contributed by atoms with E-state index in [0.29, 0.717) is 0 Å². The predicted octanol–water partition coefficient (Wildman–Crippen LogP) is 3.85. The van der Waals surface area contributed by atoms with Gasteiger partial charge in [0.05, 0.1) is 0 Å². The van der Waals surface area contributed by atoms with Crippen LogP contribution in [0.15, 0.2) is 12.7 Å². The second-order valence-electron chi connectivity index (χ2n) is 4.95. The molecule has 1 fully saturated rings. The van der Waals surface area contributed by atoms with E-state index in [1.807, 2.05) is 6.08 Å². The summed E-state index contributed by atoms with van der Waals surface area (Å²) in [5.41, 5.74) is -0.367. The highest BCUT2D eigenvalue weighted by Crippen LogP contribution is 2.37. The molecular weight excluding hydrogens is 200 g/mol. The molecule has 0 heterocycles. The molecule has 92 valence electrons. The first kappa shape index (κ1) is 13.3. The van der Waals surface area contributed by atoms with E-state index in [1.165, 1.54) is 39.0 Å². The molecule has 0 saturated heterocycles. The number of carbonyl (C=O) groups is 1. The van der Waals surface area contributed by atoms with Crippen LogP contribution in [0.4, 0.5) is 0 Å². The van der Waals surface area contributed by atoms with E-state index in [0.717, 1.165) is 18.8 Å². The van der Waals surface area contributed by atoms with Crippen LogP contribution in [0, 0.1) is 5.92 Å². The summed E-state index contributed by atoms with van der Waals surface area (Å²) >= 11 is 0. The smallest absolute Gasteiger partial charge is 0.303 e. The van der Waals surface area contributed by atoms with E-state index >= 15 is 0 Å². The van der Waals surface area contributed by atoms with Gasteiger partial charge in [-0.15, -0.1) is 0 Å². The molecule has 0 aromatic rings. The molecule has 1 aliphatic rings. The molecule has 2 nitrogen and oxygen atoms in total. The quantitative estimate of drug-likeness (QED) is 0.523. The minimum atomic E-state index is -0.367. The molecule has 0 unspecified atom stereocenters. The van der Waals surface area contributed by atoms with Gasteiger partial charge in [0.15, 0.2) is 0 Å². The molecule has 1 saturated carbocycles. The van der Waals surface area contributed by atoms with Crippen molar-refractivity contribution >= 4 is 5.97 Å². The molecule has 1 rings (SSSR count). The number of hydrogen-bond acceptors (Lipinski definition) is 2. The molecule has 0 radical (unpaired) electrons. The minimum absolute atomic E-state index is 0.188. The average molecular weight is 224 g/mol. The number of esters is 1. The largest absolute Gasteiger partial charge is 0.455 e. The van der Waals surface area contributed by atoms with E-state index in [2.05, 4.69) is 13.5 Å². The zero-order valence-electron chi connectivity index (χ0n) is 10.6. The van der Waals surface area contributed by atoms with Crippen LogP contribution in [0.5, 0.6) is 0 Å². The van der Waals surface area contributed by atoms with Crippen molar-refractivity contribution in [2.75, 3.05) is 0 Å². The van der Waals surface area contributed by atoms with Crippen molar-refractivity contribution in [3.8, 4) is 0 Å². The van der Waals surface area contributed by atoms with Crippen LogP contribution in [0.1, 0.15) is 58.8 Å². The summed E-state index contributed by atoms with van der Waals surface area (Å²) in [6, 6.07) is 0. The van der Waals surface area contributed by atoms with Crippen molar-refractivity contribution < 1.29 is 9.53 Å². The molecule has 0 spiro atoms. The Morgan fingerprint density at radius 3 is 2.56 bits per heavy atom. The monoisotopic (exact) mass is 224 g/mol. The fourth-order valence-electron chi connectivity index (χ4n) is 2.58. The van der Waals surface area contributed by atoms with Crippen LogP contribution in [-0.4, -0.2) is 11.6 Å². The zero-order valence-corrected chi connectivity index (χ0v) is 10.6. The number of hydrogen-bond donors (Lipinski definition) is 0. The fraction of sp³-hybridized carbons (Fsp3) is 0.786. The maximum Gasteiger partial charge on any atom is 0.303 e. The standard InChI is InChI=1S/C14H24O2/c1-4-6-7-13-8-10-14(5-2,11-9-13)16-12(3)15/h5,13H,2,4,6-11H2,1,3H3. The lowest BCUT2D eigenvalue weighted by Crippen LogP contribution is -2.36. The number of unbranched alkanes of at least 4 members (excludes halogenated alkanes) is 1. The zero-order chi connectivity index (χ0) is 12.0. The Kier molecular flexibility index (Phi) is 5.04. The first-order valence-corrected chi connectivity index (χ1v) is 6.45. The number of carbonyl (C=O) groups excluding carboxylic acids is 1. The van der Waals surface area contributed by atoms with Crippen molar-refractivity contribution in [1.29, 1.82) is 0 Å². The molecule has 0 aromatic heterocycles. The van der Waals surface area contributed by atoms with E-state index in [9.17, 15) is 4.79 Å². The third-order valence-corrected chi connectivity index (χ3v) is 3.64. The highest BCUT2D eigenvalue weighted by molar-refractivity contribution is 5.66. The second-order valence-corrected chi connectivity index (χ2v) is 4.95. The summed E-state index contributed by atoms with van der Waals surface area (Å²) in [5.74, 6) is 0.635. The van der Waals surface area contributed by atoms with Gasteiger partial charge in [-0.05, 0) is 37.7 Å². The molecule has 0 aromatic carbocycles. The first-order chi connectivity index (χ1) is 7.62. The number of rotatable bonds is 5. The van der Waals surface area contributed by atoms with Crippen LogP contribution in [0.2, 0.25) is 0 Å². The molecule has 0 amide bonds. The summed E-state index contributed by atoms with van der Waals surface area (Å²) in [5, 5.41) is 0. The Labute approximate surface area is 99.1 Å². The van der Waals surface area contributed by atoms with Gasteiger partial charge in [-0.2, -0.15) is 0 Å². The van der Waals surface area contributed by atoms with Crippen LogP contribution in [-0.2, 0) is 9.53 Å². The molecule has 0 N–H and O–H groups in total. The lowest BCUT2D eigenvalue weighted by Gasteiger charge is -2.37. The topological polar surface area (TPSA) is 26.3 Å². The lowest BCUT2D eigenvalue weighted by atomic mass is 9.77. The first-order valence-electron chi connectivity index (χ1n) is 6.45. The summed E-state index contributed by atoms with van der Waals surface area (Å²) in [6.07, 6.45) is 9.97. The van der Waals surface area contributed by atoms with Crippen LogP contribution in [0.25, 0.3) is 0 Å². The van der Waals surface area contributed by atoms with E-state index in [4.69, 9.17) is 4.74 Å².